The molecule has 0 spiro atoms. The second-order valence-corrected chi connectivity index (χ2v) is 4.19. The summed E-state index contributed by atoms with van der Waals surface area (Å²) in [6, 6.07) is 8.89. The molecule has 1 atom stereocenters. The molecule has 0 heterocycles. The highest BCUT2D eigenvalue weighted by Crippen LogP contribution is 2.04. The fraction of sp³-hybridized carbons (Fsp3) is 0.267. The van der Waals surface area contributed by atoms with Crippen molar-refractivity contribution in [2.75, 3.05) is 13.1 Å². The summed E-state index contributed by atoms with van der Waals surface area (Å²) >= 11 is 0. The number of aliphatic carboxylic acids is 1. The van der Waals surface area contributed by atoms with Crippen molar-refractivity contribution in [3.05, 3.63) is 61.2 Å². The van der Waals surface area contributed by atoms with Gasteiger partial charge in [-0.25, -0.2) is 10.4 Å². The number of hydrogen-bond donors (Lipinski definition) is 2. The molecule has 19 heavy (non-hydrogen) atoms. The van der Waals surface area contributed by atoms with E-state index in [0.717, 1.165) is 5.56 Å². The predicted octanol–water partition coefficient (Wildman–Crippen LogP) is 1.86. The molecule has 2 N–H and O–H groups in total. The van der Waals surface area contributed by atoms with Gasteiger partial charge in [0, 0.05) is 13.1 Å². The van der Waals surface area contributed by atoms with Gasteiger partial charge in [0.15, 0.2) is 0 Å². The highest BCUT2D eigenvalue weighted by molar-refractivity contribution is 5.73. The van der Waals surface area contributed by atoms with Crippen molar-refractivity contribution in [3.8, 4) is 0 Å². The minimum Gasteiger partial charge on any atom is -0.480 e. The molecule has 0 fully saturated rings. The van der Waals surface area contributed by atoms with Gasteiger partial charge in [0.2, 0.25) is 0 Å². The van der Waals surface area contributed by atoms with Gasteiger partial charge in [-0.3, -0.25) is 4.79 Å². The number of carboxylic acids is 1. The molecule has 0 unspecified atom stereocenters. The van der Waals surface area contributed by atoms with Crippen LogP contribution in [0, 0.1) is 0 Å². The van der Waals surface area contributed by atoms with Gasteiger partial charge in [0.05, 0.1) is 0 Å². The molecule has 0 amide bonds. The lowest BCUT2D eigenvalue weighted by atomic mass is 10.1. The topological polar surface area (TPSA) is 52.6 Å². The Kier molecular flexibility index (Phi) is 6.57. The summed E-state index contributed by atoms with van der Waals surface area (Å²) in [6.07, 6.45) is 3.87. The third-order valence-electron chi connectivity index (χ3n) is 2.62. The van der Waals surface area contributed by atoms with Crippen LogP contribution in [0.15, 0.2) is 55.6 Å². The van der Waals surface area contributed by atoms with E-state index < -0.39 is 12.0 Å². The van der Waals surface area contributed by atoms with Crippen molar-refractivity contribution in [2.45, 2.75) is 12.5 Å². The number of rotatable bonds is 9. The van der Waals surface area contributed by atoms with Crippen LogP contribution < -0.4 is 5.43 Å². The lowest BCUT2D eigenvalue weighted by Gasteiger charge is -2.25. The van der Waals surface area contributed by atoms with Gasteiger partial charge in [0.25, 0.3) is 0 Å². The van der Waals surface area contributed by atoms with Crippen molar-refractivity contribution in [3.63, 3.8) is 0 Å². The van der Waals surface area contributed by atoms with Crippen LogP contribution in [0.2, 0.25) is 0 Å². The SMILES string of the molecule is C=CCN(CC=C)N[C@@H](Cc1ccccc1)C(=O)O. The summed E-state index contributed by atoms with van der Waals surface area (Å²) in [4.78, 5) is 11.3. The molecule has 0 aliphatic rings. The Morgan fingerprint density at radius 3 is 2.32 bits per heavy atom. The first-order chi connectivity index (χ1) is 9.17. The molecule has 0 bridgehead atoms. The molecule has 0 saturated heterocycles. The summed E-state index contributed by atoms with van der Waals surface area (Å²) in [5, 5.41) is 11.1. The molecular weight excluding hydrogens is 240 g/mol. The van der Waals surface area contributed by atoms with Crippen LogP contribution >= 0.6 is 0 Å². The molecule has 4 nitrogen and oxygen atoms in total. The lowest BCUT2D eigenvalue weighted by molar-refractivity contribution is -0.141. The maximum absolute atomic E-state index is 11.3. The highest BCUT2D eigenvalue weighted by Gasteiger charge is 2.19. The Morgan fingerprint density at radius 2 is 1.84 bits per heavy atom. The van der Waals surface area contributed by atoms with Crippen molar-refractivity contribution >= 4 is 5.97 Å². The molecule has 4 heteroatoms. The van der Waals surface area contributed by atoms with E-state index in [2.05, 4.69) is 18.6 Å². The summed E-state index contributed by atoms with van der Waals surface area (Å²) in [6.45, 7) is 8.43. The summed E-state index contributed by atoms with van der Waals surface area (Å²) in [5.74, 6) is -0.873. The normalized spacial score (nSPS) is 12.1. The number of hydrazine groups is 1. The van der Waals surface area contributed by atoms with Crippen LogP contribution in [0.1, 0.15) is 5.56 Å². The minimum absolute atomic E-state index is 0.432. The molecule has 0 aliphatic carbocycles. The number of benzene rings is 1. The minimum atomic E-state index is -0.873. The zero-order chi connectivity index (χ0) is 14.1. The molecule has 1 aromatic rings. The Morgan fingerprint density at radius 1 is 1.26 bits per heavy atom. The van der Waals surface area contributed by atoms with Crippen molar-refractivity contribution in [2.24, 2.45) is 0 Å². The van der Waals surface area contributed by atoms with Gasteiger partial charge in [-0.2, -0.15) is 0 Å². The second-order valence-electron chi connectivity index (χ2n) is 4.19. The maximum Gasteiger partial charge on any atom is 0.322 e. The van der Waals surface area contributed by atoms with E-state index in [1.807, 2.05) is 30.3 Å². The number of carbonyl (C=O) groups is 1. The molecule has 1 aromatic carbocycles. The number of carboxylic acid groups (broad SMARTS) is 1. The van der Waals surface area contributed by atoms with Crippen molar-refractivity contribution in [1.82, 2.24) is 10.4 Å². The van der Waals surface area contributed by atoms with Gasteiger partial charge in [-0.15, -0.1) is 13.2 Å². The Bertz CT molecular complexity index is 407. The average molecular weight is 260 g/mol. The molecular formula is C15H20N2O2. The van der Waals surface area contributed by atoms with Crippen LogP contribution in [0.4, 0.5) is 0 Å². The van der Waals surface area contributed by atoms with Crippen LogP contribution in [-0.4, -0.2) is 35.2 Å². The fourth-order valence-electron chi connectivity index (χ4n) is 1.75. The van der Waals surface area contributed by atoms with E-state index in [9.17, 15) is 9.90 Å². The van der Waals surface area contributed by atoms with Crippen LogP contribution in [0.3, 0.4) is 0 Å². The van der Waals surface area contributed by atoms with E-state index in [4.69, 9.17) is 0 Å². The largest absolute Gasteiger partial charge is 0.480 e. The van der Waals surface area contributed by atoms with Crippen molar-refractivity contribution in [1.29, 1.82) is 0 Å². The quantitative estimate of drug-likeness (QED) is 0.525. The van der Waals surface area contributed by atoms with Crippen LogP contribution in [0.25, 0.3) is 0 Å². The maximum atomic E-state index is 11.3. The molecule has 0 radical (unpaired) electrons. The van der Waals surface area contributed by atoms with Crippen molar-refractivity contribution < 1.29 is 9.90 Å². The zero-order valence-electron chi connectivity index (χ0n) is 11.0. The third-order valence-corrected chi connectivity index (χ3v) is 2.62. The monoisotopic (exact) mass is 260 g/mol. The van der Waals surface area contributed by atoms with Gasteiger partial charge in [0.1, 0.15) is 6.04 Å². The predicted molar refractivity (Wildman–Crippen MR) is 76.7 cm³/mol. The fourth-order valence-corrected chi connectivity index (χ4v) is 1.75. The summed E-state index contributed by atoms with van der Waals surface area (Å²) in [5.41, 5.74) is 3.98. The van der Waals surface area contributed by atoms with Crippen LogP contribution in [0.5, 0.6) is 0 Å². The number of hydrogen-bond acceptors (Lipinski definition) is 3. The first kappa shape index (κ1) is 15.1. The summed E-state index contributed by atoms with van der Waals surface area (Å²) < 4.78 is 0. The first-order valence-electron chi connectivity index (χ1n) is 6.17. The molecule has 1 rings (SSSR count). The first-order valence-corrected chi connectivity index (χ1v) is 6.17. The van der Waals surface area contributed by atoms with Gasteiger partial charge >= 0.3 is 5.97 Å². The van der Waals surface area contributed by atoms with Gasteiger partial charge in [-0.1, -0.05) is 42.5 Å². The zero-order valence-corrected chi connectivity index (χ0v) is 11.0. The standard InChI is InChI=1S/C15H20N2O2/c1-3-10-17(11-4-2)16-14(15(18)19)12-13-8-6-5-7-9-13/h3-9,14,16H,1-2,10-12H2,(H,18,19)/t14-/m0/s1. The number of nitrogens with one attached hydrogen (secondary N) is 1. The highest BCUT2D eigenvalue weighted by atomic mass is 16.4. The Labute approximate surface area is 114 Å². The third kappa shape index (κ3) is 5.50. The van der Waals surface area contributed by atoms with Gasteiger partial charge in [-0.05, 0) is 12.0 Å². The van der Waals surface area contributed by atoms with E-state index in [1.165, 1.54) is 0 Å². The smallest absolute Gasteiger partial charge is 0.322 e. The lowest BCUT2D eigenvalue weighted by Crippen LogP contribution is -2.49. The van der Waals surface area contributed by atoms with E-state index in [1.54, 1.807) is 17.2 Å². The molecule has 102 valence electrons. The molecule has 0 aromatic heterocycles. The molecule has 0 saturated carbocycles. The van der Waals surface area contributed by atoms with E-state index in [0.29, 0.717) is 19.5 Å². The second kappa shape index (κ2) is 8.24. The van der Waals surface area contributed by atoms with Gasteiger partial charge < -0.3 is 5.11 Å². The van der Waals surface area contributed by atoms with E-state index in [-0.39, 0.29) is 0 Å². The molecule has 0 aliphatic heterocycles. The Hall–Kier alpha value is -1.91. The van der Waals surface area contributed by atoms with E-state index >= 15 is 0 Å². The summed E-state index contributed by atoms with van der Waals surface area (Å²) in [7, 11) is 0. The number of nitrogens with zero attached hydrogens (tertiary/aromatic N) is 1. The Balaban J connectivity index is 2.68. The van der Waals surface area contributed by atoms with Crippen LogP contribution in [-0.2, 0) is 11.2 Å². The average Bonchev–Trinajstić information content (AvgIpc) is 2.39.